The average Bonchev–Trinajstić information content (AvgIpc) is 2.50. The lowest BCUT2D eigenvalue weighted by molar-refractivity contribution is 0.102. The number of halogens is 1. The zero-order valence-corrected chi connectivity index (χ0v) is 13.2. The normalized spacial score (nSPS) is 9.68. The third-order valence-corrected chi connectivity index (χ3v) is 2.93. The van der Waals surface area contributed by atoms with Crippen molar-refractivity contribution in [2.24, 2.45) is 0 Å². The third kappa shape index (κ3) is 5.26. The first kappa shape index (κ1) is 17.8. The van der Waals surface area contributed by atoms with E-state index in [0.29, 0.717) is 23.7 Å². The Balaban J connectivity index is 0.00000242. The second kappa shape index (κ2) is 8.89. The van der Waals surface area contributed by atoms with Crippen LogP contribution in [0.4, 0.5) is 11.5 Å². The first-order valence-corrected chi connectivity index (χ1v) is 6.95. The van der Waals surface area contributed by atoms with Gasteiger partial charge in [0.15, 0.2) is 0 Å². The molecule has 0 aliphatic rings. The molecular formula is C16H20ClN3O2. The molecule has 0 atom stereocenters. The summed E-state index contributed by atoms with van der Waals surface area (Å²) in [5, 5.41) is 2.76. The summed E-state index contributed by atoms with van der Waals surface area (Å²) in [4.78, 5) is 16.0. The minimum absolute atomic E-state index is 0. The molecule has 0 saturated heterocycles. The molecule has 2 aromatic rings. The van der Waals surface area contributed by atoms with Crippen LogP contribution in [-0.2, 0) is 0 Å². The number of rotatable bonds is 6. The second-order valence-corrected chi connectivity index (χ2v) is 4.65. The van der Waals surface area contributed by atoms with Gasteiger partial charge in [0.25, 0.3) is 5.91 Å². The minimum atomic E-state index is -0.193. The summed E-state index contributed by atoms with van der Waals surface area (Å²) in [6.07, 6.45) is 3.64. The summed E-state index contributed by atoms with van der Waals surface area (Å²) >= 11 is 0. The quantitative estimate of drug-likeness (QED) is 0.798. The topological polar surface area (TPSA) is 77.2 Å². The maximum absolute atomic E-state index is 12.1. The monoisotopic (exact) mass is 321 g/mol. The van der Waals surface area contributed by atoms with Crippen molar-refractivity contribution in [2.45, 2.75) is 19.8 Å². The van der Waals surface area contributed by atoms with Crippen LogP contribution in [0.1, 0.15) is 30.1 Å². The second-order valence-electron chi connectivity index (χ2n) is 4.65. The van der Waals surface area contributed by atoms with Crippen LogP contribution in [0.15, 0.2) is 42.6 Å². The molecule has 0 saturated carbocycles. The molecule has 22 heavy (non-hydrogen) atoms. The van der Waals surface area contributed by atoms with E-state index in [9.17, 15) is 4.79 Å². The van der Waals surface area contributed by atoms with Crippen molar-refractivity contribution in [2.75, 3.05) is 17.7 Å². The number of nitrogens with two attached hydrogens (primary N) is 1. The number of benzene rings is 1. The highest BCUT2D eigenvalue weighted by Gasteiger charge is 2.06. The SMILES string of the molecule is CCCCOc1ccc(C(=O)Nc2ccc(N)nc2)cc1.Cl. The van der Waals surface area contributed by atoms with Crippen LogP contribution in [-0.4, -0.2) is 17.5 Å². The fraction of sp³-hybridized carbons (Fsp3) is 0.250. The first-order chi connectivity index (χ1) is 10.2. The molecule has 6 heteroatoms. The largest absolute Gasteiger partial charge is 0.494 e. The summed E-state index contributed by atoms with van der Waals surface area (Å²) in [6, 6.07) is 10.4. The number of nitrogen functional groups attached to an aromatic ring is 1. The smallest absolute Gasteiger partial charge is 0.255 e. The van der Waals surface area contributed by atoms with E-state index in [4.69, 9.17) is 10.5 Å². The fourth-order valence-corrected chi connectivity index (χ4v) is 1.72. The maximum atomic E-state index is 12.1. The molecule has 1 aromatic carbocycles. The van der Waals surface area contributed by atoms with Gasteiger partial charge in [-0.05, 0) is 42.8 Å². The lowest BCUT2D eigenvalue weighted by Gasteiger charge is -2.07. The average molecular weight is 322 g/mol. The van der Waals surface area contributed by atoms with Crippen molar-refractivity contribution in [1.82, 2.24) is 4.98 Å². The highest BCUT2D eigenvalue weighted by atomic mass is 35.5. The molecule has 3 N–H and O–H groups in total. The van der Waals surface area contributed by atoms with Crippen LogP contribution >= 0.6 is 12.4 Å². The van der Waals surface area contributed by atoms with Gasteiger partial charge < -0.3 is 15.8 Å². The van der Waals surface area contributed by atoms with Gasteiger partial charge in [-0.15, -0.1) is 12.4 Å². The van der Waals surface area contributed by atoms with Gasteiger partial charge in [-0.1, -0.05) is 13.3 Å². The Bertz CT molecular complexity index is 585. The van der Waals surface area contributed by atoms with Gasteiger partial charge in [-0.2, -0.15) is 0 Å². The van der Waals surface area contributed by atoms with Crippen LogP contribution in [0.5, 0.6) is 5.75 Å². The van der Waals surface area contributed by atoms with Crippen LogP contribution in [0.3, 0.4) is 0 Å². The first-order valence-electron chi connectivity index (χ1n) is 6.95. The number of pyridine rings is 1. The molecule has 0 radical (unpaired) electrons. The van der Waals surface area contributed by atoms with Gasteiger partial charge >= 0.3 is 0 Å². The zero-order chi connectivity index (χ0) is 15.1. The van der Waals surface area contributed by atoms with E-state index in [2.05, 4.69) is 17.2 Å². The van der Waals surface area contributed by atoms with Gasteiger partial charge in [0, 0.05) is 5.56 Å². The van der Waals surface area contributed by atoms with Gasteiger partial charge in [0.2, 0.25) is 0 Å². The molecule has 0 aliphatic carbocycles. The van der Waals surface area contributed by atoms with E-state index >= 15 is 0 Å². The van der Waals surface area contributed by atoms with Crippen molar-refractivity contribution >= 4 is 29.8 Å². The molecule has 0 aliphatic heterocycles. The Hall–Kier alpha value is -2.27. The number of anilines is 2. The zero-order valence-electron chi connectivity index (χ0n) is 12.4. The van der Waals surface area contributed by atoms with Crippen LogP contribution in [0.25, 0.3) is 0 Å². The van der Waals surface area contributed by atoms with E-state index in [1.165, 1.54) is 6.20 Å². The number of amides is 1. The number of aromatic nitrogens is 1. The molecule has 0 spiro atoms. The third-order valence-electron chi connectivity index (χ3n) is 2.93. The van der Waals surface area contributed by atoms with Crippen molar-refractivity contribution in [3.63, 3.8) is 0 Å². The van der Waals surface area contributed by atoms with Crippen molar-refractivity contribution in [1.29, 1.82) is 0 Å². The highest BCUT2D eigenvalue weighted by molar-refractivity contribution is 6.04. The molecular weight excluding hydrogens is 302 g/mol. The molecule has 2 rings (SSSR count). The van der Waals surface area contributed by atoms with Crippen LogP contribution in [0, 0.1) is 0 Å². The lowest BCUT2D eigenvalue weighted by Crippen LogP contribution is -2.12. The van der Waals surface area contributed by atoms with Gasteiger partial charge in [-0.3, -0.25) is 4.79 Å². The Morgan fingerprint density at radius 2 is 1.95 bits per heavy atom. The molecule has 1 aromatic heterocycles. The summed E-state index contributed by atoms with van der Waals surface area (Å²) in [6.45, 7) is 2.81. The number of ether oxygens (including phenoxy) is 1. The number of hydrogen-bond acceptors (Lipinski definition) is 4. The fourth-order valence-electron chi connectivity index (χ4n) is 1.72. The predicted molar refractivity (Wildman–Crippen MR) is 90.7 cm³/mol. The molecule has 5 nitrogen and oxygen atoms in total. The Morgan fingerprint density at radius 1 is 1.23 bits per heavy atom. The van der Waals surface area contributed by atoms with Crippen molar-refractivity contribution < 1.29 is 9.53 Å². The van der Waals surface area contributed by atoms with Gasteiger partial charge in [0.05, 0.1) is 18.5 Å². The summed E-state index contributed by atoms with van der Waals surface area (Å²) in [7, 11) is 0. The maximum Gasteiger partial charge on any atom is 0.255 e. The Morgan fingerprint density at radius 3 is 2.55 bits per heavy atom. The standard InChI is InChI=1S/C16H19N3O2.ClH/c1-2-3-10-21-14-7-4-12(5-8-14)16(20)19-13-6-9-15(17)18-11-13;/h4-9,11H,2-3,10H2,1H3,(H2,17,18)(H,19,20);1H. The molecule has 118 valence electrons. The van der Waals surface area contributed by atoms with Gasteiger partial charge in [-0.25, -0.2) is 4.98 Å². The number of hydrogen-bond donors (Lipinski definition) is 2. The molecule has 0 fully saturated rings. The van der Waals surface area contributed by atoms with Crippen LogP contribution < -0.4 is 15.8 Å². The Labute approximate surface area is 136 Å². The number of carbonyl (C=O) groups excluding carboxylic acids is 1. The van der Waals surface area contributed by atoms with Crippen molar-refractivity contribution in [3.8, 4) is 5.75 Å². The number of nitrogens with one attached hydrogen (secondary N) is 1. The van der Waals surface area contributed by atoms with Crippen molar-refractivity contribution in [3.05, 3.63) is 48.2 Å². The van der Waals surface area contributed by atoms with Crippen LogP contribution in [0.2, 0.25) is 0 Å². The Kier molecular flexibility index (Phi) is 7.19. The number of unbranched alkanes of at least 4 members (excludes halogenated alkanes) is 1. The number of carbonyl (C=O) groups is 1. The van der Waals surface area contributed by atoms with Gasteiger partial charge in [0.1, 0.15) is 11.6 Å². The molecule has 1 heterocycles. The summed E-state index contributed by atoms with van der Waals surface area (Å²) in [5.74, 6) is 0.998. The summed E-state index contributed by atoms with van der Waals surface area (Å²) in [5.41, 5.74) is 6.67. The van der Waals surface area contributed by atoms with E-state index in [1.54, 1.807) is 36.4 Å². The minimum Gasteiger partial charge on any atom is -0.494 e. The van der Waals surface area contributed by atoms with E-state index in [0.717, 1.165) is 18.6 Å². The van der Waals surface area contributed by atoms with E-state index in [1.807, 2.05) is 0 Å². The molecule has 1 amide bonds. The number of nitrogens with zero attached hydrogens (tertiary/aromatic N) is 1. The molecule has 0 bridgehead atoms. The lowest BCUT2D eigenvalue weighted by atomic mass is 10.2. The predicted octanol–water partition coefficient (Wildman–Crippen LogP) is 3.52. The van der Waals surface area contributed by atoms with E-state index < -0.39 is 0 Å². The molecule has 0 unspecified atom stereocenters. The van der Waals surface area contributed by atoms with E-state index in [-0.39, 0.29) is 18.3 Å². The highest BCUT2D eigenvalue weighted by Crippen LogP contribution is 2.14. The summed E-state index contributed by atoms with van der Waals surface area (Å²) < 4.78 is 5.56.